The Hall–Kier alpha value is -0.420. The molecule has 7 heteroatoms. The molecule has 2 N–H and O–H groups in total. The van der Waals surface area contributed by atoms with E-state index in [2.05, 4.69) is 9.05 Å². The van der Waals surface area contributed by atoms with Crippen molar-refractivity contribution in [1.82, 2.24) is 0 Å². The third-order valence-electron chi connectivity index (χ3n) is 1.33. The number of aliphatic carboxylic acids is 1. The molecular weight excluding hydrogens is 259 g/mol. The molecule has 0 bridgehead atoms. The largest absolute Gasteiger partial charge is 0.481 e. The maximum Gasteiger partial charge on any atom is 0.472 e. The van der Waals surface area contributed by atoms with Gasteiger partial charge in [0.1, 0.15) is 0 Å². The van der Waals surface area contributed by atoms with Gasteiger partial charge in [0.25, 0.3) is 0 Å². The highest BCUT2D eigenvalue weighted by molar-refractivity contribution is 7.47. The van der Waals surface area contributed by atoms with Gasteiger partial charge >= 0.3 is 13.8 Å². The lowest BCUT2D eigenvalue weighted by Crippen LogP contribution is -2.18. The molecule has 0 rings (SSSR count). The van der Waals surface area contributed by atoms with Crippen molar-refractivity contribution in [2.75, 3.05) is 0 Å². The van der Waals surface area contributed by atoms with Crippen molar-refractivity contribution in [3.05, 3.63) is 0 Å². The number of carbonyl (C=O) groups is 1. The second kappa shape index (κ2) is 7.89. The molecule has 0 atom stereocenters. The van der Waals surface area contributed by atoms with Crippen LogP contribution in [0.2, 0.25) is 0 Å². The quantitative estimate of drug-likeness (QED) is 0.771. The Bertz CT molecular complexity index is 278. The Morgan fingerprint density at radius 1 is 1.06 bits per heavy atom. The van der Waals surface area contributed by atoms with E-state index in [9.17, 15) is 9.36 Å². The monoisotopic (exact) mass is 284 g/mol. The Morgan fingerprint density at radius 2 is 1.28 bits per heavy atom. The minimum absolute atomic E-state index is 0.301. The number of phosphoric ester groups is 1. The molecule has 0 fully saturated rings. The summed E-state index contributed by atoms with van der Waals surface area (Å²) >= 11 is 0. The van der Waals surface area contributed by atoms with Crippen molar-refractivity contribution in [3.63, 3.8) is 0 Å². The molecule has 0 aliphatic carbocycles. The predicted molar refractivity (Wildman–Crippen MR) is 69.4 cm³/mol. The number of hydrogen-bond donors (Lipinski definition) is 2. The summed E-state index contributed by atoms with van der Waals surface area (Å²) in [6.07, 6.45) is -0.603. The number of carboxylic acids is 1. The second-order valence-corrected chi connectivity index (χ2v) is 6.69. The molecule has 0 aromatic carbocycles. The summed E-state index contributed by atoms with van der Waals surface area (Å²) in [4.78, 5) is 19.0. The molecular formula is C11H25O6P. The van der Waals surface area contributed by atoms with Gasteiger partial charge in [0.2, 0.25) is 0 Å². The van der Waals surface area contributed by atoms with Crippen LogP contribution in [0.15, 0.2) is 0 Å². The van der Waals surface area contributed by atoms with Gasteiger partial charge in [-0.2, -0.15) is 0 Å². The molecule has 0 aromatic heterocycles. The van der Waals surface area contributed by atoms with E-state index in [4.69, 9.17) is 10.00 Å². The smallest absolute Gasteiger partial charge is 0.472 e. The Morgan fingerprint density at radius 3 is 1.39 bits per heavy atom. The van der Waals surface area contributed by atoms with Crippen LogP contribution in [-0.2, 0) is 18.4 Å². The standard InChI is InChI=1S/C6H15O4P.C5H10O2/c1-5(2)9-11(7,8)10-6(3)4;1-5(2,3)4(6)7/h5-6H,1-4H3,(H,7,8);1-3H3,(H,6,7). The van der Waals surface area contributed by atoms with Crippen LogP contribution in [0.4, 0.5) is 0 Å². The van der Waals surface area contributed by atoms with Gasteiger partial charge in [-0.15, -0.1) is 0 Å². The zero-order valence-electron chi connectivity index (χ0n) is 12.1. The van der Waals surface area contributed by atoms with Gasteiger partial charge in [0, 0.05) is 0 Å². The van der Waals surface area contributed by atoms with Crippen LogP contribution in [0.5, 0.6) is 0 Å². The molecule has 0 saturated carbocycles. The van der Waals surface area contributed by atoms with Crippen LogP contribution < -0.4 is 0 Å². The van der Waals surface area contributed by atoms with Gasteiger partial charge in [-0.05, 0) is 48.5 Å². The Balaban J connectivity index is 0. The van der Waals surface area contributed by atoms with Crippen LogP contribution in [0, 0.1) is 5.41 Å². The van der Waals surface area contributed by atoms with E-state index in [0.717, 1.165) is 0 Å². The second-order valence-electron chi connectivity index (χ2n) is 5.33. The van der Waals surface area contributed by atoms with Crippen molar-refractivity contribution >= 4 is 13.8 Å². The van der Waals surface area contributed by atoms with Crippen LogP contribution in [-0.4, -0.2) is 28.2 Å². The third-order valence-corrected chi connectivity index (χ3v) is 2.71. The van der Waals surface area contributed by atoms with Crippen LogP contribution in [0.3, 0.4) is 0 Å². The van der Waals surface area contributed by atoms with Gasteiger partial charge in [0.15, 0.2) is 0 Å². The topological polar surface area (TPSA) is 93.1 Å². The summed E-state index contributed by atoms with van der Waals surface area (Å²) in [7, 11) is -3.80. The van der Waals surface area contributed by atoms with Crippen molar-refractivity contribution in [2.24, 2.45) is 5.41 Å². The summed E-state index contributed by atoms with van der Waals surface area (Å²) < 4.78 is 20.2. The molecule has 0 heterocycles. The molecule has 0 radical (unpaired) electrons. The normalized spacial score (nSPS) is 12.3. The maximum atomic E-state index is 10.9. The summed E-state index contributed by atoms with van der Waals surface area (Å²) in [6, 6.07) is 0. The molecule has 110 valence electrons. The van der Waals surface area contributed by atoms with Crippen LogP contribution in [0.1, 0.15) is 48.5 Å². The average molecular weight is 284 g/mol. The fourth-order valence-corrected chi connectivity index (χ4v) is 1.67. The van der Waals surface area contributed by atoms with Gasteiger partial charge in [-0.25, -0.2) is 4.57 Å². The molecule has 0 aromatic rings. The summed E-state index contributed by atoms with van der Waals surface area (Å²) in [5, 5.41) is 8.25. The number of phosphoric acid groups is 1. The summed E-state index contributed by atoms with van der Waals surface area (Å²) in [5.74, 6) is -0.757. The first-order valence-corrected chi connectivity index (χ1v) is 7.20. The first-order valence-electron chi connectivity index (χ1n) is 5.71. The zero-order chi connectivity index (χ0) is 15.1. The van der Waals surface area contributed by atoms with E-state index in [-0.39, 0.29) is 12.2 Å². The fourth-order valence-electron chi connectivity index (χ4n) is 0.558. The maximum absolute atomic E-state index is 10.9. The zero-order valence-corrected chi connectivity index (χ0v) is 13.0. The lowest BCUT2D eigenvalue weighted by Gasteiger charge is -2.16. The minimum Gasteiger partial charge on any atom is -0.481 e. The first-order chi connectivity index (χ1) is 7.78. The van der Waals surface area contributed by atoms with E-state index >= 15 is 0 Å². The van der Waals surface area contributed by atoms with Crippen LogP contribution in [0.25, 0.3) is 0 Å². The molecule has 0 unspecified atom stereocenters. The molecule has 0 aliphatic heterocycles. The highest BCUT2D eigenvalue weighted by atomic mass is 31.2. The third kappa shape index (κ3) is 13.6. The van der Waals surface area contributed by atoms with Crippen LogP contribution >= 0.6 is 7.82 Å². The van der Waals surface area contributed by atoms with E-state index < -0.39 is 19.2 Å². The average Bonchev–Trinajstić information content (AvgIpc) is 1.96. The van der Waals surface area contributed by atoms with E-state index in [0.29, 0.717) is 0 Å². The number of rotatable bonds is 4. The lowest BCUT2D eigenvalue weighted by molar-refractivity contribution is -0.145. The van der Waals surface area contributed by atoms with Crippen molar-refractivity contribution in [2.45, 2.75) is 60.7 Å². The van der Waals surface area contributed by atoms with E-state index in [1.165, 1.54) is 0 Å². The van der Waals surface area contributed by atoms with Gasteiger partial charge in [-0.1, -0.05) is 0 Å². The first kappa shape index (κ1) is 19.9. The number of carboxylic acid groups (broad SMARTS) is 1. The Labute approximate surface area is 109 Å². The SMILES string of the molecule is CC(C)(C)C(=O)O.CC(C)OP(=O)(O)OC(C)C. The molecule has 0 spiro atoms. The number of hydrogen-bond acceptors (Lipinski definition) is 4. The highest BCUT2D eigenvalue weighted by Gasteiger charge is 2.23. The highest BCUT2D eigenvalue weighted by Crippen LogP contribution is 2.45. The van der Waals surface area contributed by atoms with Crippen molar-refractivity contribution in [3.8, 4) is 0 Å². The van der Waals surface area contributed by atoms with Crippen molar-refractivity contribution < 1.29 is 28.4 Å². The van der Waals surface area contributed by atoms with E-state index in [1.807, 2.05) is 0 Å². The molecule has 0 saturated heterocycles. The molecule has 0 amide bonds. The molecule has 18 heavy (non-hydrogen) atoms. The van der Waals surface area contributed by atoms with E-state index in [1.54, 1.807) is 48.5 Å². The van der Waals surface area contributed by atoms with Gasteiger partial charge in [-0.3, -0.25) is 13.8 Å². The summed E-state index contributed by atoms with van der Waals surface area (Å²) in [5.41, 5.74) is -0.583. The molecule has 0 aliphatic rings. The lowest BCUT2D eigenvalue weighted by atomic mass is 9.98. The minimum atomic E-state index is -3.80. The van der Waals surface area contributed by atoms with Gasteiger partial charge in [0.05, 0.1) is 17.6 Å². The Kier molecular flexibility index (Phi) is 8.73. The predicted octanol–water partition coefficient (Wildman–Crippen LogP) is 3.05. The fraction of sp³-hybridized carbons (Fsp3) is 0.909. The summed E-state index contributed by atoms with van der Waals surface area (Å²) in [6.45, 7) is 11.7. The van der Waals surface area contributed by atoms with Crippen molar-refractivity contribution in [1.29, 1.82) is 0 Å². The van der Waals surface area contributed by atoms with Gasteiger partial charge < -0.3 is 10.00 Å². The molecule has 6 nitrogen and oxygen atoms in total.